The fourth-order valence-corrected chi connectivity index (χ4v) is 2.25. The lowest BCUT2D eigenvalue weighted by atomic mass is 9.88. The van der Waals surface area contributed by atoms with Crippen LogP contribution in [0.15, 0.2) is 12.2 Å². The Balaban J connectivity index is 2.46. The molecule has 0 spiro atoms. The van der Waals surface area contributed by atoms with Crippen LogP contribution in [0.5, 0.6) is 0 Å². The van der Waals surface area contributed by atoms with Crippen LogP contribution in [0.4, 0.5) is 4.79 Å². The predicted molar refractivity (Wildman–Crippen MR) is 77.5 cm³/mol. The molecule has 1 aliphatic rings. The van der Waals surface area contributed by atoms with Gasteiger partial charge < -0.3 is 15.2 Å². The second-order valence-corrected chi connectivity index (χ2v) is 6.34. The number of hydrogen-bond donors (Lipinski definition) is 2. The lowest BCUT2D eigenvalue weighted by molar-refractivity contribution is -0.511. The summed E-state index contributed by atoms with van der Waals surface area (Å²) in [6.45, 7) is 5.11. The Kier molecular flexibility index (Phi) is 6.14. The Hall–Kier alpha value is -1.63. The van der Waals surface area contributed by atoms with Crippen molar-refractivity contribution in [3.05, 3.63) is 22.3 Å². The van der Waals surface area contributed by atoms with E-state index in [1.54, 1.807) is 32.9 Å². The zero-order valence-corrected chi connectivity index (χ0v) is 12.7. The van der Waals surface area contributed by atoms with Gasteiger partial charge in [0.25, 0.3) is 0 Å². The number of allylic oxidation sites excluding steroid dienone is 1. The third kappa shape index (κ3) is 6.57. The van der Waals surface area contributed by atoms with E-state index in [0.29, 0.717) is 19.3 Å². The van der Waals surface area contributed by atoms with Crippen LogP contribution in [0.3, 0.4) is 0 Å². The number of ether oxygens (including phenoxy) is 1. The van der Waals surface area contributed by atoms with Gasteiger partial charge in [-0.2, -0.15) is 0 Å². The highest BCUT2D eigenvalue weighted by molar-refractivity contribution is 5.68. The maximum atomic E-state index is 11.7. The first-order valence-corrected chi connectivity index (χ1v) is 7.13. The number of carbonyl (C=O) groups is 1. The summed E-state index contributed by atoms with van der Waals surface area (Å²) >= 11 is 0. The molecule has 0 radical (unpaired) electrons. The lowest BCUT2D eigenvalue weighted by Crippen LogP contribution is -2.42. The molecular weight excluding hydrogens is 276 g/mol. The number of alkyl carbamates (subject to hydrolysis) is 1. The summed E-state index contributed by atoms with van der Waals surface area (Å²) in [6.07, 6.45) is 4.53. The van der Waals surface area contributed by atoms with Crippen LogP contribution in [0.25, 0.3) is 0 Å². The molecule has 1 rings (SSSR count). The van der Waals surface area contributed by atoms with Crippen molar-refractivity contribution in [2.75, 3.05) is 6.61 Å². The maximum Gasteiger partial charge on any atom is 0.407 e. The maximum absolute atomic E-state index is 11.7. The molecule has 7 nitrogen and oxygen atoms in total. The zero-order valence-electron chi connectivity index (χ0n) is 12.7. The van der Waals surface area contributed by atoms with Gasteiger partial charge in [-0.05, 0) is 45.6 Å². The van der Waals surface area contributed by atoms with Gasteiger partial charge in [-0.3, -0.25) is 10.1 Å². The van der Waals surface area contributed by atoms with E-state index < -0.39 is 23.8 Å². The van der Waals surface area contributed by atoms with E-state index in [9.17, 15) is 20.0 Å². The highest BCUT2D eigenvalue weighted by Crippen LogP contribution is 2.23. The first-order chi connectivity index (χ1) is 9.71. The Morgan fingerprint density at radius 1 is 1.48 bits per heavy atom. The van der Waals surface area contributed by atoms with Crippen molar-refractivity contribution >= 4 is 6.09 Å². The minimum atomic E-state index is -0.618. The molecule has 0 bridgehead atoms. The number of nitrogens with one attached hydrogen (secondary N) is 1. The average molecular weight is 300 g/mol. The van der Waals surface area contributed by atoms with E-state index in [4.69, 9.17) is 4.74 Å². The van der Waals surface area contributed by atoms with Gasteiger partial charge in [-0.25, -0.2) is 4.79 Å². The lowest BCUT2D eigenvalue weighted by Gasteiger charge is -2.25. The highest BCUT2D eigenvalue weighted by atomic mass is 16.6. The molecule has 0 aromatic rings. The van der Waals surface area contributed by atoms with Crippen molar-refractivity contribution in [3.63, 3.8) is 0 Å². The molecule has 3 atom stereocenters. The molecule has 0 saturated carbocycles. The van der Waals surface area contributed by atoms with Crippen LogP contribution < -0.4 is 5.32 Å². The normalized spacial score (nSPS) is 23.4. The van der Waals surface area contributed by atoms with Gasteiger partial charge in [-0.15, -0.1) is 0 Å². The number of rotatable bonds is 5. The summed E-state index contributed by atoms with van der Waals surface area (Å²) in [5.41, 5.74) is -0.590. The third-order valence-corrected chi connectivity index (χ3v) is 3.24. The zero-order chi connectivity index (χ0) is 16.0. The Bertz CT molecular complexity index is 403. The molecular formula is C14H24N2O5. The van der Waals surface area contributed by atoms with Gasteiger partial charge in [0.05, 0.1) is 12.6 Å². The quantitative estimate of drug-likeness (QED) is 0.458. The van der Waals surface area contributed by atoms with Crippen LogP contribution in [-0.4, -0.2) is 40.4 Å². The second-order valence-electron chi connectivity index (χ2n) is 6.34. The fraction of sp³-hybridized carbons (Fsp3) is 0.786. The van der Waals surface area contributed by atoms with Gasteiger partial charge in [0.1, 0.15) is 5.60 Å². The standard InChI is InChI=1S/C14H24N2O5/c1-14(2,3)21-13(18)15-11(9-17)8-10-4-6-12(7-5-10)16(19)20/h4,6,10-12,17H,5,7-9H2,1-3H3,(H,15,18). The van der Waals surface area contributed by atoms with Crippen LogP contribution in [0.1, 0.15) is 40.0 Å². The minimum Gasteiger partial charge on any atom is -0.444 e. The molecule has 0 aliphatic heterocycles. The minimum absolute atomic E-state index is 0.119. The van der Waals surface area contributed by atoms with Crippen molar-refractivity contribution in [2.45, 2.75) is 57.7 Å². The third-order valence-electron chi connectivity index (χ3n) is 3.24. The van der Waals surface area contributed by atoms with Crippen molar-refractivity contribution in [1.29, 1.82) is 0 Å². The molecule has 0 saturated heterocycles. The molecule has 3 unspecified atom stereocenters. The molecule has 0 heterocycles. The highest BCUT2D eigenvalue weighted by Gasteiger charge is 2.26. The van der Waals surface area contributed by atoms with Gasteiger partial charge in [-0.1, -0.05) is 6.08 Å². The SMILES string of the molecule is CC(C)(C)OC(=O)NC(CO)CC1C=CC([N+](=O)[O-])CC1. The van der Waals surface area contributed by atoms with Crippen LogP contribution in [0, 0.1) is 16.0 Å². The number of amides is 1. The molecule has 0 fully saturated rings. The largest absolute Gasteiger partial charge is 0.444 e. The van der Waals surface area contributed by atoms with Gasteiger partial charge in [0, 0.05) is 11.3 Å². The number of aliphatic hydroxyl groups is 1. The van der Waals surface area contributed by atoms with Gasteiger partial charge in [0.15, 0.2) is 0 Å². The summed E-state index contributed by atoms with van der Waals surface area (Å²) in [4.78, 5) is 22.0. The van der Waals surface area contributed by atoms with Crippen LogP contribution in [-0.2, 0) is 4.74 Å². The number of hydrogen-bond acceptors (Lipinski definition) is 5. The Morgan fingerprint density at radius 3 is 2.57 bits per heavy atom. The number of nitro groups is 1. The molecule has 1 aliphatic carbocycles. The van der Waals surface area contributed by atoms with Crippen molar-refractivity contribution in [1.82, 2.24) is 5.32 Å². The number of aliphatic hydroxyl groups excluding tert-OH is 1. The molecule has 0 aromatic carbocycles. The number of carbonyl (C=O) groups excluding carboxylic acids is 1. The van der Waals surface area contributed by atoms with Gasteiger partial charge >= 0.3 is 6.09 Å². The summed E-state index contributed by atoms with van der Waals surface area (Å²) in [6, 6.07) is -1.03. The monoisotopic (exact) mass is 300 g/mol. The van der Waals surface area contributed by atoms with E-state index >= 15 is 0 Å². The average Bonchev–Trinajstić information content (AvgIpc) is 2.36. The fourth-order valence-electron chi connectivity index (χ4n) is 2.25. The molecule has 21 heavy (non-hydrogen) atoms. The summed E-state index contributed by atoms with van der Waals surface area (Å²) in [5, 5.41) is 22.6. The topological polar surface area (TPSA) is 102 Å². The van der Waals surface area contributed by atoms with Crippen molar-refractivity contribution < 1.29 is 19.6 Å². The summed E-state index contributed by atoms with van der Waals surface area (Å²) in [7, 11) is 0. The molecule has 7 heteroatoms. The first-order valence-electron chi connectivity index (χ1n) is 7.13. The predicted octanol–water partition coefficient (Wildman–Crippen LogP) is 1.87. The number of nitrogens with zero attached hydrogens (tertiary/aromatic N) is 1. The summed E-state index contributed by atoms with van der Waals surface area (Å²) in [5.74, 6) is 0.119. The van der Waals surface area contributed by atoms with E-state index in [2.05, 4.69) is 5.32 Å². The summed E-state index contributed by atoms with van der Waals surface area (Å²) < 4.78 is 5.14. The van der Waals surface area contributed by atoms with E-state index in [0.717, 1.165) is 0 Å². The van der Waals surface area contributed by atoms with Crippen molar-refractivity contribution in [2.24, 2.45) is 5.92 Å². The van der Waals surface area contributed by atoms with Crippen LogP contribution in [0.2, 0.25) is 0 Å². The van der Waals surface area contributed by atoms with Gasteiger partial charge in [0.2, 0.25) is 6.04 Å². The molecule has 2 N–H and O–H groups in total. The molecule has 120 valence electrons. The van der Waals surface area contributed by atoms with E-state index in [1.165, 1.54) is 0 Å². The Morgan fingerprint density at radius 2 is 2.14 bits per heavy atom. The van der Waals surface area contributed by atoms with E-state index in [1.807, 2.05) is 0 Å². The molecule has 0 aromatic heterocycles. The second kappa shape index (κ2) is 7.40. The van der Waals surface area contributed by atoms with Crippen molar-refractivity contribution in [3.8, 4) is 0 Å². The molecule has 1 amide bonds. The first kappa shape index (κ1) is 17.4. The van der Waals surface area contributed by atoms with Crippen LogP contribution >= 0.6 is 0 Å². The smallest absolute Gasteiger partial charge is 0.407 e. The van der Waals surface area contributed by atoms with E-state index in [-0.39, 0.29) is 17.4 Å². The Labute approximate surface area is 124 Å².